The van der Waals surface area contributed by atoms with E-state index in [9.17, 15) is 14.0 Å². The number of nitrogens with zero attached hydrogens (tertiary/aromatic N) is 1. The van der Waals surface area contributed by atoms with Crippen molar-refractivity contribution in [2.24, 2.45) is 0 Å². The van der Waals surface area contributed by atoms with Crippen molar-refractivity contribution in [1.82, 2.24) is 4.90 Å². The number of fused-ring (bicyclic) bond motifs is 2. The number of carbonyl (C=O) groups is 2. The number of amides is 2. The maximum Gasteiger partial charge on any atom is 0.258 e. The smallest absolute Gasteiger partial charge is 0.258 e. The Labute approximate surface area is 213 Å². The Kier molecular flexibility index (Phi) is 5.77. The molecule has 182 valence electrons. The number of hydrogen-bond donors (Lipinski definition) is 1. The molecule has 6 rings (SSSR count). The van der Waals surface area contributed by atoms with E-state index < -0.39 is 11.7 Å². The van der Waals surface area contributed by atoms with E-state index in [4.69, 9.17) is 4.42 Å². The van der Waals surface area contributed by atoms with Gasteiger partial charge >= 0.3 is 0 Å². The summed E-state index contributed by atoms with van der Waals surface area (Å²) in [6.07, 6.45) is 0.644. The van der Waals surface area contributed by atoms with E-state index in [1.165, 1.54) is 12.1 Å². The highest BCUT2D eigenvalue weighted by molar-refractivity contribution is 6.04. The number of halogens is 1. The molecule has 0 aliphatic carbocycles. The first kappa shape index (κ1) is 22.7. The Hall–Kier alpha value is -4.71. The van der Waals surface area contributed by atoms with Crippen LogP contribution in [0, 0.1) is 5.82 Å². The van der Waals surface area contributed by atoms with Crippen molar-refractivity contribution in [2.45, 2.75) is 13.0 Å². The first-order valence-electron chi connectivity index (χ1n) is 12.1. The van der Waals surface area contributed by atoms with Crippen LogP contribution in [0.2, 0.25) is 0 Å². The summed E-state index contributed by atoms with van der Waals surface area (Å²) in [5.74, 6) is 0.530. The molecule has 4 aromatic carbocycles. The highest BCUT2D eigenvalue weighted by atomic mass is 19.1. The SMILES string of the molecule is O=C(Nc1ccc(-c2cc3c(o2)CCN(C(=O)c2ccc4ccccc4c2)C3)cc1)c1ccccc1F. The van der Waals surface area contributed by atoms with E-state index in [0.717, 1.165) is 27.7 Å². The van der Waals surface area contributed by atoms with Crippen LogP contribution in [0.3, 0.4) is 0 Å². The van der Waals surface area contributed by atoms with Gasteiger partial charge < -0.3 is 14.6 Å². The van der Waals surface area contributed by atoms with Crippen LogP contribution in [-0.4, -0.2) is 23.3 Å². The molecule has 2 heterocycles. The van der Waals surface area contributed by atoms with Crippen molar-refractivity contribution in [3.63, 3.8) is 0 Å². The Morgan fingerprint density at radius 3 is 2.41 bits per heavy atom. The molecule has 0 fully saturated rings. The van der Waals surface area contributed by atoms with Gasteiger partial charge in [-0.1, -0.05) is 42.5 Å². The average molecular weight is 491 g/mol. The van der Waals surface area contributed by atoms with Crippen molar-refractivity contribution in [3.05, 3.63) is 125 Å². The summed E-state index contributed by atoms with van der Waals surface area (Å²) in [5, 5.41) is 4.87. The van der Waals surface area contributed by atoms with Crippen LogP contribution < -0.4 is 5.32 Å². The van der Waals surface area contributed by atoms with Gasteiger partial charge in [-0.2, -0.15) is 0 Å². The maximum atomic E-state index is 13.9. The monoisotopic (exact) mass is 490 g/mol. The molecule has 0 unspecified atom stereocenters. The lowest BCUT2D eigenvalue weighted by Gasteiger charge is -2.26. The van der Waals surface area contributed by atoms with Crippen molar-refractivity contribution in [2.75, 3.05) is 11.9 Å². The molecule has 0 bridgehead atoms. The maximum absolute atomic E-state index is 13.9. The summed E-state index contributed by atoms with van der Waals surface area (Å²) in [6, 6.07) is 28.9. The van der Waals surface area contributed by atoms with E-state index in [-0.39, 0.29) is 11.5 Å². The predicted octanol–water partition coefficient (Wildman–Crippen LogP) is 6.69. The van der Waals surface area contributed by atoms with Gasteiger partial charge in [0.1, 0.15) is 17.3 Å². The summed E-state index contributed by atoms with van der Waals surface area (Å²) in [6.45, 7) is 1.08. The number of carbonyl (C=O) groups excluding carboxylic acids is 2. The third-order valence-corrected chi connectivity index (χ3v) is 6.70. The number of rotatable bonds is 4. The van der Waals surface area contributed by atoms with Gasteiger partial charge in [0.25, 0.3) is 11.8 Å². The standard InChI is InChI=1S/C31H23FN2O3/c32-27-8-4-3-7-26(27)30(35)33-25-13-11-21(12-14-25)29-18-24-19-34(16-15-28(24)37-29)31(36)23-10-9-20-5-1-2-6-22(20)17-23/h1-14,17-18H,15-16,19H2,(H,33,35). The summed E-state index contributed by atoms with van der Waals surface area (Å²) >= 11 is 0. The third-order valence-electron chi connectivity index (χ3n) is 6.70. The number of benzene rings is 4. The second kappa shape index (κ2) is 9.39. The number of nitrogens with one attached hydrogen (secondary N) is 1. The molecule has 0 radical (unpaired) electrons. The molecule has 6 heteroatoms. The fraction of sp³-hybridized carbons (Fsp3) is 0.0968. The molecule has 0 atom stereocenters. The number of hydrogen-bond acceptors (Lipinski definition) is 3. The van der Waals surface area contributed by atoms with Crippen molar-refractivity contribution >= 4 is 28.3 Å². The van der Waals surface area contributed by atoms with Gasteiger partial charge in [0.05, 0.1) is 5.56 Å². The van der Waals surface area contributed by atoms with Crippen LogP contribution >= 0.6 is 0 Å². The van der Waals surface area contributed by atoms with Gasteiger partial charge in [0.15, 0.2) is 0 Å². The van der Waals surface area contributed by atoms with E-state index >= 15 is 0 Å². The van der Waals surface area contributed by atoms with Gasteiger partial charge in [-0.3, -0.25) is 9.59 Å². The molecule has 0 saturated carbocycles. The van der Waals surface area contributed by atoms with Crippen molar-refractivity contribution in [3.8, 4) is 11.3 Å². The van der Waals surface area contributed by atoms with Crippen LogP contribution in [-0.2, 0) is 13.0 Å². The van der Waals surface area contributed by atoms with E-state index in [0.29, 0.717) is 36.5 Å². The lowest BCUT2D eigenvalue weighted by molar-refractivity contribution is 0.0730. The van der Waals surface area contributed by atoms with Crippen molar-refractivity contribution in [1.29, 1.82) is 0 Å². The average Bonchev–Trinajstić information content (AvgIpc) is 3.36. The van der Waals surface area contributed by atoms with Crippen LogP contribution in [0.1, 0.15) is 32.0 Å². The minimum Gasteiger partial charge on any atom is -0.461 e. The molecule has 37 heavy (non-hydrogen) atoms. The van der Waals surface area contributed by atoms with Crippen LogP contribution in [0.15, 0.2) is 101 Å². The molecule has 5 nitrogen and oxygen atoms in total. The van der Waals surface area contributed by atoms with Crippen LogP contribution in [0.5, 0.6) is 0 Å². The van der Waals surface area contributed by atoms with E-state index in [1.54, 1.807) is 24.3 Å². The first-order valence-corrected chi connectivity index (χ1v) is 12.1. The Balaban J connectivity index is 1.16. The quantitative estimate of drug-likeness (QED) is 0.305. The molecular formula is C31H23FN2O3. The second-order valence-electron chi connectivity index (χ2n) is 9.11. The highest BCUT2D eigenvalue weighted by Gasteiger charge is 2.25. The topological polar surface area (TPSA) is 62.6 Å². The molecule has 1 aliphatic rings. The lowest BCUT2D eigenvalue weighted by Crippen LogP contribution is -2.35. The largest absolute Gasteiger partial charge is 0.461 e. The number of anilines is 1. The molecule has 1 N–H and O–H groups in total. The molecule has 5 aromatic rings. The molecule has 1 aliphatic heterocycles. The normalized spacial score (nSPS) is 12.8. The lowest BCUT2D eigenvalue weighted by atomic mass is 10.0. The summed E-state index contributed by atoms with van der Waals surface area (Å²) < 4.78 is 20.0. The van der Waals surface area contributed by atoms with Gasteiger partial charge in [-0.05, 0) is 65.4 Å². The second-order valence-corrected chi connectivity index (χ2v) is 9.11. The first-order chi connectivity index (χ1) is 18.0. The minimum atomic E-state index is -0.564. The molecular weight excluding hydrogens is 467 g/mol. The van der Waals surface area contributed by atoms with Crippen LogP contribution in [0.4, 0.5) is 10.1 Å². The third kappa shape index (κ3) is 4.49. The molecule has 0 saturated heterocycles. The Morgan fingerprint density at radius 1 is 0.838 bits per heavy atom. The summed E-state index contributed by atoms with van der Waals surface area (Å²) in [4.78, 5) is 27.4. The van der Waals surface area contributed by atoms with E-state index in [2.05, 4.69) is 5.32 Å². The van der Waals surface area contributed by atoms with Gasteiger partial charge in [-0.25, -0.2) is 4.39 Å². The van der Waals surface area contributed by atoms with Gasteiger partial charge in [0, 0.05) is 41.9 Å². The van der Waals surface area contributed by atoms with E-state index in [1.807, 2.05) is 65.6 Å². The molecule has 2 amide bonds. The predicted molar refractivity (Wildman–Crippen MR) is 141 cm³/mol. The van der Waals surface area contributed by atoms with Crippen LogP contribution in [0.25, 0.3) is 22.1 Å². The molecule has 1 aromatic heterocycles. The Morgan fingerprint density at radius 2 is 1.59 bits per heavy atom. The van der Waals surface area contributed by atoms with Gasteiger partial charge in [-0.15, -0.1) is 0 Å². The summed E-state index contributed by atoms with van der Waals surface area (Å²) in [5.41, 5.74) is 3.07. The summed E-state index contributed by atoms with van der Waals surface area (Å²) in [7, 11) is 0. The molecule has 0 spiro atoms. The fourth-order valence-electron chi connectivity index (χ4n) is 4.72. The fourth-order valence-corrected chi connectivity index (χ4v) is 4.72. The minimum absolute atomic E-state index is 0.00641. The number of furan rings is 1. The zero-order valence-electron chi connectivity index (χ0n) is 19.9. The van der Waals surface area contributed by atoms with Crippen molar-refractivity contribution < 1.29 is 18.4 Å². The van der Waals surface area contributed by atoms with Gasteiger partial charge in [0.2, 0.25) is 0 Å². The Bertz CT molecular complexity index is 1640. The zero-order chi connectivity index (χ0) is 25.4. The zero-order valence-corrected chi connectivity index (χ0v) is 19.9. The highest BCUT2D eigenvalue weighted by Crippen LogP contribution is 2.31.